The summed E-state index contributed by atoms with van der Waals surface area (Å²) in [5.41, 5.74) is 4.42. The maximum absolute atomic E-state index is 13.4. The van der Waals surface area contributed by atoms with Crippen LogP contribution in [0.15, 0.2) is 95.4 Å². The van der Waals surface area contributed by atoms with E-state index in [1.807, 2.05) is 6.92 Å². The van der Waals surface area contributed by atoms with Gasteiger partial charge in [0.2, 0.25) is 0 Å². The zero-order valence-corrected chi connectivity index (χ0v) is 20.4. The third kappa shape index (κ3) is 6.94. The number of benzene rings is 3. The molecule has 3 aromatic rings. The molecule has 0 aromatic heterocycles. The number of nitrogens with zero attached hydrogens (tertiary/aromatic N) is 2. The zero-order chi connectivity index (χ0) is 25.3. The SMILES string of the molecule is C=CCOc1cccc(/C=N/NC(=O)CN(c2ccc(C)cc2)S(=O)(=O)c2ccc(OC)cc2)c1. The summed E-state index contributed by atoms with van der Waals surface area (Å²) in [4.78, 5) is 12.7. The number of nitrogens with one attached hydrogen (secondary N) is 1. The Morgan fingerprint density at radius 3 is 2.43 bits per heavy atom. The highest BCUT2D eigenvalue weighted by Gasteiger charge is 2.27. The summed E-state index contributed by atoms with van der Waals surface area (Å²) in [6.45, 7) is 5.41. The van der Waals surface area contributed by atoms with E-state index in [0.29, 0.717) is 29.4 Å². The lowest BCUT2D eigenvalue weighted by Gasteiger charge is -2.24. The average molecular weight is 494 g/mol. The first-order valence-corrected chi connectivity index (χ1v) is 12.2. The Labute approximate surface area is 205 Å². The van der Waals surface area contributed by atoms with E-state index in [0.717, 1.165) is 9.87 Å². The van der Waals surface area contributed by atoms with Gasteiger partial charge in [-0.1, -0.05) is 42.5 Å². The Kier molecular flexibility index (Phi) is 8.63. The van der Waals surface area contributed by atoms with Crippen molar-refractivity contribution in [2.45, 2.75) is 11.8 Å². The van der Waals surface area contributed by atoms with Gasteiger partial charge >= 0.3 is 0 Å². The molecule has 0 atom stereocenters. The fraction of sp³-hybridized carbons (Fsp3) is 0.154. The molecule has 0 bridgehead atoms. The van der Waals surface area contributed by atoms with Crippen LogP contribution in [-0.4, -0.2) is 40.8 Å². The number of ether oxygens (including phenoxy) is 2. The van der Waals surface area contributed by atoms with Gasteiger partial charge in [0.25, 0.3) is 15.9 Å². The minimum atomic E-state index is -4.04. The van der Waals surface area contributed by atoms with E-state index in [4.69, 9.17) is 9.47 Å². The maximum atomic E-state index is 13.4. The van der Waals surface area contributed by atoms with Gasteiger partial charge in [0.1, 0.15) is 24.7 Å². The van der Waals surface area contributed by atoms with E-state index >= 15 is 0 Å². The van der Waals surface area contributed by atoms with Crippen LogP contribution in [0.3, 0.4) is 0 Å². The summed E-state index contributed by atoms with van der Waals surface area (Å²) in [5.74, 6) is 0.561. The lowest BCUT2D eigenvalue weighted by atomic mass is 10.2. The van der Waals surface area contributed by atoms with E-state index in [1.165, 1.54) is 25.5 Å². The van der Waals surface area contributed by atoms with Crippen LogP contribution in [-0.2, 0) is 14.8 Å². The van der Waals surface area contributed by atoms with Gasteiger partial charge in [-0.3, -0.25) is 9.10 Å². The Balaban J connectivity index is 1.78. The highest BCUT2D eigenvalue weighted by atomic mass is 32.2. The molecule has 0 aliphatic rings. The molecule has 3 rings (SSSR count). The molecule has 0 spiro atoms. The van der Waals surface area contributed by atoms with Crippen molar-refractivity contribution in [3.05, 3.63) is 96.6 Å². The topological polar surface area (TPSA) is 97.3 Å². The standard InChI is InChI=1S/C26H27N3O5S/c1-4-16-34-24-7-5-6-21(17-24)18-27-28-26(30)19-29(22-10-8-20(2)9-11-22)35(31,32)25-14-12-23(33-3)13-15-25/h4-15,17-18H,1,16,19H2,2-3H3,(H,28,30)/b27-18+. The predicted molar refractivity (Wildman–Crippen MR) is 137 cm³/mol. The first kappa shape index (κ1) is 25.5. The molecule has 3 aromatic carbocycles. The van der Waals surface area contributed by atoms with Gasteiger partial charge in [-0.15, -0.1) is 0 Å². The van der Waals surface area contributed by atoms with E-state index in [9.17, 15) is 13.2 Å². The van der Waals surface area contributed by atoms with Crippen LogP contribution in [0.25, 0.3) is 0 Å². The van der Waals surface area contributed by atoms with Crippen LogP contribution in [0.2, 0.25) is 0 Å². The van der Waals surface area contributed by atoms with Crippen LogP contribution in [0.1, 0.15) is 11.1 Å². The number of carbonyl (C=O) groups is 1. The summed E-state index contributed by atoms with van der Waals surface area (Å²) >= 11 is 0. The molecule has 182 valence electrons. The molecule has 0 saturated heterocycles. The third-order valence-corrected chi connectivity index (χ3v) is 6.67. The maximum Gasteiger partial charge on any atom is 0.264 e. The van der Waals surface area contributed by atoms with Gasteiger partial charge in [0.05, 0.1) is 23.9 Å². The van der Waals surface area contributed by atoms with Gasteiger partial charge in [0, 0.05) is 0 Å². The third-order valence-electron chi connectivity index (χ3n) is 4.89. The monoisotopic (exact) mass is 493 g/mol. The molecule has 0 fully saturated rings. The molecule has 0 saturated carbocycles. The number of rotatable bonds is 11. The van der Waals surface area contributed by atoms with Crippen molar-refractivity contribution >= 4 is 27.8 Å². The molecule has 35 heavy (non-hydrogen) atoms. The van der Waals surface area contributed by atoms with E-state index < -0.39 is 22.5 Å². The Morgan fingerprint density at radius 1 is 1.06 bits per heavy atom. The predicted octanol–water partition coefficient (Wildman–Crippen LogP) is 3.91. The van der Waals surface area contributed by atoms with Crippen LogP contribution in [0, 0.1) is 6.92 Å². The Bertz CT molecular complexity index is 1290. The van der Waals surface area contributed by atoms with Crippen molar-refractivity contribution in [1.29, 1.82) is 0 Å². The number of hydrogen-bond acceptors (Lipinski definition) is 6. The van der Waals surface area contributed by atoms with E-state index in [1.54, 1.807) is 66.7 Å². The quantitative estimate of drug-likeness (QED) is 0.248. The second-order valence-electron chi connectivity index (χ2n) is 7.49. The molecular weight excluding hydrogens is 466 g/mol. The molecule has 0 unspecified atom stereocenters. The van der Waals surface area contributed by atoms with Gasteiger partial charge in [-0.25, -0.2) is 13.8 Å². The van der Waals surface area contributed by atoms with Crippen molar-refractivity contribution in [3.63, 3.8) is 0 Å². The number of sulfonamides is 1. The number of carbonyl (C=O) groups excluding carboxylic acids is 1. The second-order valence-corrected chi connectivity index (χ2v) is 9.35. The van der Waals surface area contributed by atoms with Crippen molar-refractivity contribution < 1.29 is 22.7 Å². The van der Waals surface area contributed by atoms with Gasteiger partial charge in [0.15, 0.2) is 0 Å². The van der Waals surface area contributed by atoms with Crippen LogP contribution < -0.4 is 19.2 Å². The minimum absolute atomic E-state index is 0.0338. The summed E-state index contributed by atoms with van der Waals surface area (Å²) in [7, 11) is -2.54. The normalized spacial score (nSPS) is 11.1. The van der Waals surface area contributed by atoms with Crippen LogP contribution in [0.5, 0.6) is 11.5 Å². The van der Waals surface area contributed by atoms with E-state index in [-0.39, 0.29) is 4.90 Å². The minimum Gasteiger partial charge on any atom is -0.497 e. The highest BCUT2D eigenvalue weighted by molar-refractivity contribution is 7.92. The van der Waals surface area contributed by atoms with Crippen molar-refractivity contribution in [2.24, 2.45) is 5.10 Å². The molecule has 0 aliphatic heterocycles. The molecule has 0 aliphatic carbocycles. The molecule has 8 nitrogen and oxygen atoms in total. The lowest BCUT2D eigenvalue weighted by molar-refractivity contribution is -0.119. The second kappa shape index (κ2) is 11.8. The number of amides is 1. The van der Waals surface area contributed by atoms with Crippen LogP contribution >= 0.6 is 0 Å². The van der Waals surface area contributed by atoms with Crippen molar-refractivity contribution in [1.82, 2.24) is 5.43 Å². The molecule has 1 N–H and O–H groups in total. The van der Waals surface area contributed by atoms with Crippen molar-refractivity contribution in [3.8, 4) is 11.5 Å². The molecular formula is C26H27N3O5S. The molecule has 0 radical (unpaired) electrons. The highest BCUT2D eigenvalue weighted by Crippen LogP contribution is 2.25. The number of anilines is 1. The Hall–Kier alpha value is -4.11. The van der Waals surface area contributed by atoms with E-state index in [2.05, 4.69) is 17.1 Å². The number of aryl methyl sites for hydroxylation is 1. The van der Waals surface area contributed by atoms with Crippen molar-refractivity contribution in [2.75, 3.05) is 24.6 Å². The first-order chi connectivity index (χ1) is 16.8. The number of methoxy groups -OCH3 is 1. The number of hydrogen-bond donors (Lipinski definition) is 1. The van der Waals surface area contributed by atoms with Gasteiger partial charge < -0.3 is 9.47 Å². The lowest BCUT2D eigenvalue weighted by Crippen LogP contribution is -2.39. The van der Waals surface area contributed by atoms with Crippen LogP contribution in [0.4, 0.5) is 5.69 Å². The first-order valence-electron chi connectivity index (χ1n) is 10.7. The largest absolute Gasteiger partial charge is 0.497 e. The molecule has 9 heteroatoms. The fourth-order valence-electron chi connectivity index (χ4n) is 3.09. The fourth-order valence-corrected chi connectivity index (χ4v) is 4.51. The summed E-state index contributed by atoms with van der Waals surface area (Å²) in [5, 5.41) is 3.96. The van der Waals surface area contributed by atoms with Gasteiger partial charge in [-0.2, -0.15) is 5.10 Å². The average Bonchev–Trinajstić information content (AvgIpc) is 2.87. The molecule has 1 amide bonds. The smallest absolute Gasteiger partial charge is 0.264 e. The summed E-state index contributed by atoms with van der Waals surface area (Å²) in [6.07, 6.45) is 3.09. The summed E-state index contributed by atoms with van der Waals surface area (Å²) in [6, 6.07) is 20.0. The number of hydrazone groups is 1. The Morgan fingerprint density at radius 2 is 1.77 bits per heavy atom. The zero-order valence-electron chi connectivity index (χ0n) is 19.5. The molecule has 0 heterocycles. The summed E-state index contributed by atoms with van der Waals surface area (Å²) < 4.78 is 38.5. The van der Waals surface area contributed by atoms with Gasteiger partial charge in [-0.05, 0) is 61.0 Å².